The van der Waals surface area contributed by atoms with Crippen molar-refractivity contribution in [1.82, 2.24) is 0 Å². The van der Waals surface area contributed by atoms with Gasteiger partial charge in [0.2, 0.25) is 0 Å². The topological polar surface area (TPSA) is 49.7 Å². The number of aliphatic hydroxyl groups excluding tert-OH is 2. The lowest BCUT2D eigenvalue weighted by atomic mass is 10.1. The lowest BCUT2D eigenvalue weighted by Gasteiger charge is -2.13. The van der Waals surface area contributed by atoms with Crippen LogP contribution in [0.3, 0.4) is 0 Å². The van der Waals surface area contributed by atoms with Gasteiger partial charge in [-0.05, 0) is 36.6 Å². The first-order valence-electron chi connectivity index (χ1n) is 6.78. The molecule has 2 aromatic carbocycles. The molecule has 0 aromatic heterocycles. The highest BCUT2D eigenvalue weighted by atomic mass is 16.5. The summed E-state index contributed by atoms with van der Waals surface area (Å²) >= 11 is 0. The normalized spacial score (nSPS) is 13.8. The summed E-state index contributed by atoms with van der Waals surface area (Å²) in [5.74, 6) is 0.717. The Labute approximate surface area is 119 Å². The molecule has 3 heteroatoms. The van der Waals surface area contributed by atoms with Crippen molar-refractivity contribution in [2.45, 2.75) is 25.6 Å². The van der Waals surface area contributed by atoms with Crippen molar-refractivity contribution >= 4 is 0 Å². The molecular weight excluding hydrogens is 252 g/mol. The molecule has 106 valence electrons. The third-order valence-corrected chi connectivity index (χ3v) is 3.05. The molecule has 2 N–H and O–H groups in total. The molecule has 0 aliphatic heterocycles. The number of hydrogen-bond acceptors (Lipinski definition) is 3. The third kappa shape index (κ3) is 4.37. The minimum atomic E-state index is -0.631. The smallest absolute Gasteiger partial charge is 0.119 e. The van der Waals surface area contributed by atoms with Crippen LogP contribution in [-0.2, 0) is 6.42 Å². The Morgan fingerprint density at radius 3 is 2.20 bits per heavy atom. The van der Waals surface area contributed by atoms with Gasteiger partial charge in [0.1, 0.15) is 18.5 Å². The van der Waals surface area contributed by atoms with E-state index < -0.39 is 6.10 Å². The standard InChI is InChI=1S/C17H20O3/c1-13(18)11-14-7-9-16(10-8-14)20-12-17(19)15-5-3-2-4-6-15/h2-10,13,17-19H,11-12H2,1H3. The molecule has 2 unspecified atom stereocenters. The average Bonchev–Trinajstić information content (AvgIpc) is 2.46. The van der Waals surface area contributed by atoms with Gasteiger partial charge in [0, 0.05) is 0 Å². The van der Waals surface area contributed by atoms with Crippen LogP contribution in [0.15, 0.2) is 54.6 Å². The molecule has 0 aliphatic carbocycles. The van der Waals surface area contributed by atoms with Crippen LogP contribution in [0.2, 0.25) is 0 Å². The summed E-state index contributed by atoms with van der Waals surface area (Å²) in [5.41, 5.74) is 1.91. The van der Waals surface area contributed by atoms with Gasteiger partial charge in [-0.1, -0.05) is 42.5 Å². The quantitative estimate of drug-likeness (QED) is 0.850. The Balaban J connectivity index is 1.88. The van der Waals surface area contributed by atoms with Crippen LogP contribution in [0.5, 0.6) is 5.75 Å². The fourth-order valence-electron chi connectivity index (χ4n) is 2.01. The summed E-state index contributed by atoms with van der Waals surface area (Å²) in [6, 6.07) is 17.0. The molecule has 20 heavy (non-hydrogen) atoms. The van der Waals surface area contributed by atoms with E-state index in [4.69, 9.17) is 4.74 Å². The first kappa shape index (κ1) is 14.6. The van der Waals surface area contributed by atoms with Crippen molar-refractivity contribution in [3.8, 4) is 5.75 Å². The van der Waals surface area contributed by atoms with Gasteiger partial charge in [-0.2, -0.15) is 0 Å². The summed E-state index contributed by atoms with van der Waals surface area (Å²) < 4.78 is 5.57. The van der Waals surface area contributed by atoms with E-state index in [1.807, 2.05) is 54.6 Å². The van der Waals surface area contributed by atoms with E-state index in [0.29, 0.717) is 12.2 Å². The number of rotatable bonds is 6. The van der Waals surface area contributed by atoms with E-state index in [1.54, 1.807) is 6.92 Å². The van der Waals surface area contributed by atoms with Crippen LogP contribution in [-0.4, -0.2) is 22.9 Å². The molecule has 2 rings (SSSR count). The van der Waals surface area contributed by atoms with Gasteiger partial charge in [0.15, 0.2) is 0 Å². The fourth-order valence-corrected chi connectivity index (χ4v) is 2.01. The Morgan fingerprint density at radius 2 is 1.60 bits per heavy atom. The van der Waals surface area contributed by atoms with E-state index in [2.05, 4.69) is 0 Å². The van der Waals surface area contributed by atoms with E-state index >= 15 is 0 Å². The largest absolute Gasteiger partial charge is 0.491 e. The molecule has 0 saturated carbocycles. The van der Waals surface area contributed by atoms with Crippen LogP contribution >= 0.6 is 0 Å². The molecule has 0 radical (unpaired) electrons. The van der Waals surface area contributed by atoms with Crippen molar-refractivity contribution in [3.05, 3.63) is 65.7 Å². The van der Waals surface area contributed by atoms with E-state index in [0.717, 1.165) is 11.1 Å². The molecule has 0 aliphatic rings. The van der Waals surface area contributed by atoms with Gasteiger partial charge in [-0.25, -0.2) is 0 Å². The number of aliphatic hydroxyl groups is 2. The SMILES string of the molecule is CC(O)Cc1ccc(OCC(O)c2ccccc2)cc1. The van der Waals surface area contributed by atoms with Gasteiger partial charge < -0.3 is 14.9 Å². The van der Waals surface area contributed by atoms with Crippen LogP contribution in [0.25, 0.3) is 0 Å². The minimum absolute atomic E-state index is 0.222. The Morgan fingerprint density at radius 1 is 0.950 bits per heavy atom. The molecule has 0 bridgehead atoms. The minimum Gasteiger partial charge on any atom is -0.491 e. The van der Waals surface area contributed by atoms with Gasteiger partial charge in [0.05, 0.1) is 6.10 Å². The maximum absolute atomic E-state index is 10.00. The summed E-state index contributed by atoms with van der Waals surface area (Å²) in [6.07, 6.45) is -0.345. The zero-order valence-corrected chi connectivity index (χ0v) is 11.6. The van der Waals surface area contributed by atoms with Gasteiger partial charge in [-0.15, -0.1) is 0 Å². The molecule has 0 saturated heterocycles. The molecule has 2 aromatic rings. The summed E-state index contributed by atoms with van der Waals surface area (Å²) in [7, 11) is 0. The van der Waals surface area contributed by atoms with Crippen molar-refractivity contribution in [2.24, 2.45) is 0 Å². The van der Waals surface area contributed by atoms with Gasteiger partial charge in [-0.3, -0.25) is 0 Å². The maximum atomic E-state index is 10.00. The molecule has 0 spiro atoms. The molecule has 0 heterocycles. The maximum Gasteiger partial charge on any atom is 0.119 e. The second kappa shape index (κ2) is 7.08. The highest BCUT2D eigenvalue weighted by Gasteiger charge is 2.07. The lowest BCUT2D eigenvalue weighted by Crippen LogP contribution is -2.09. The molecule has 0 fully saturated rings. The van der Waals surface area contributed by atoms with Crippen LogP contribution in [0, 0.1) is 0 Å². The predicted molar refractivity (Wildman–Crippen MR) is 78.7 cm³/mol. The second-order valence-electron chi connectivity index (χ2n) is 4.93. The average molecular weight is 272 g/mol. The second-order valence-corrected chi connectivity index (χ2v) is 4.93. The van der Waals surface area contributed by atoms with Gasteiger partial charge in [0.25, 0.3) is 0 Å². The van der Waals surface area contributed by atoms with E-state index in [-0.39, 0.29) is 12.7 Å². The predicted octanol–water partition coefficient (Wildman–Crippen LogP) is 2.72. The number of ether oxygens (including phenoxy) is 1. The van der Waals surface area contributed by atoms with Crippen LogP contribution in [0.1, 0.15) is 24.2 Å². The molecular formula is C17H20O3. The molecule has 3 nitrogen and oxygen atoms in total. The Hall–Kier alpha value is -1.84. The van der Waals surface area contributed by atoms with Crippen molar-refractivity contribution in [2.75, 3.05) is 6.61 Å². The highest BCUT2D eigenvalue weighted by molar-refractivity contribution is 5.28. The van der Waals surface area contributed by atoms with Gasteiger partial charge >= 0.3 is 0 Å². The Kier molecular flexibility index (Phi) is 5.16. The molecule has 2 atom stereocenters. The van der Waals surface area contributed by atoms with Crippen LogP contribution in [0.4, 0.5) is 0 Å². The highest BCUT2D eigenvalue weighted by Crippen LogP contribution is 2.17. The van der Waals surface area contributed by atoms with Crippen molar-refractivity contribution in [1.29, 1.82) is 0 Å². The number of benzene rings is 2. The van der Waals surface area contributed by atoms with Crippen molar-refractivity contribution < 1.29 is 14.9 Å². The first-order valence-corrected chi connectivity index (χ1v) is 6.78. The zero-order chi connectivity index (χ0) is 14.4. The zero-order valence-electron chi connectivity index (χ0n) is 11.6. The number of hydrogen-bond donors (Lipinski definition) is 2. The Bertz CT molecular complexity index is 506. The lowest BCUT2D eigenvalue weighted by molar-refractivity contribution is 0.108. The summed E-state index contributed by atoms with van der Waals surface area (Å²) in [6.45, 7) is 1.99. The van der Waals surface area contributed by atoms with E-state index in [9.17, 15) is 10.2 Å². The summed E-state index contributed by atoms with van der Waals surface area (Å²) in [4.78, 5) is 0. The fraction of sp³-hybridized carbons (Fsp3) is 0.294. The van der Waals surface area contributed by atoms with Crippen molar-refractivity contribution in [3.63, 3.8) is 0 Å². The summed E-state index contributed by atoms with van der Waals surface area (Å²) in [5, 5.41) is 19.3. The molecule has 0 amide bonds. The third-order valence-electron chi connectivity index (χ3n) is 3.05. The first-order chi connectivity index (χ1) is 9.65. The monoisotopic (exact) mass is 272 g/mol. The van der Waals surface area contributed by atoms with Crippen LogP contribution < -0.4 is 4.74 Å². The van der Waals surface area contributed by atoms with E-state index in [1.165, 1.54) is 0 Å².